The van der Waals surface area contributed by atoms with Gasteiger partial charge in [-0.2, -0.15) is 0 Å². The smallest absolute Gasteiger partial charge is 0.256 e. The van der Waals surface area contributed by atoms with Gasteiger partial charge in [0.05, 0.1) is 12.2 Å². The van der Waals surface area contributed by atoms with Gasteiger partial charge in [-0.3, -0.25) is 4.79 Å². The summed E-state index contributed by atoms with van der Waals surface area (Å²) in [5.74, 6) is 1.12. The van der Waals surface area contributed by atoms with E-state index in [1.807, 2.05) is 48.5 Å². The Labute approximate surface area is 138 Å². The van der Waals surface area contributed by atoms with Crippen molar-refractivity contribution in [2.45, 2.75) is 13.8 Å². The van der Waals surface area contributed by atoms with Crippen molar-refractivity contribution in [2.24, 2.45) is 5.92 Å². The zero-order valence-electron chi connectivity index (χ0n) is 12.1. The van der Waals surface area contributed by atoms with E-state index in [1.54, 1.807) is 0 Å². The van der Waals surface area contributed by atoms with Crippen molar-refractivity contribution in [3.63, 3.8) is 0 Å². The van der Waals surface area contributed by atoms with Crippen LogP contribution < -0.4 is 10.1 Å². The number of anilines is 1. The first-order chi connectivity index (χ1) is 10.1. The van der Waals surface area contributed by atoms with E-state index in [4.69, 9.17) is 4.74 Å². The molecule has 1 amide bonds. The summed E-state index contributed by atoms with van der Waals surface area (Å²) in [6.07, 6.45) is 0. The van der Waals surface area contributed by atoms with Gasteiger partial charge in [0.25, 0.3) is 5.91 Å². The summed E-state index contributed by atoms with van der Waals surface area (Å²) in [7, 11) is 0. The standard InChI is InChI=1S/C17H18INO2/c1-12(2)11-21-14-7-5-6-13(10-14)19-17(20)15-8-3-4-9-16(15)18/h3-10,12H,11H2,1-2H3,(H,19,20). The van der Waals surface area contributed by atoms with Crippen LogP contribution in [0.1, 0.15) is 24.2 Å². The molecule has 0 heterocycles. The lowest BCUT2D eigenvalue weighted by Crippen LogP contribution is -2.13. The van der Waals surface area contributed by atoms with Crippen LogP contribution in [0.5, 0.6) is 5.75 Å². The average molecular weight is 395 g/mol. The highest BCUT2D eigenvalue weighted by molar-refractivity contribution is 14.1. The van der Waals surface area contributed by atoms with Crippen molar-refractivity contribution in [1.82, 2.24) is 0 Å². The molecule has 0 aliphatic rings. The Bertz CT molecular complexity index is 626. The molecule has 0 aliphatic carbocycles. The molecule has 0 atom stereocenters. The first-order valence-electron chi connectivity index (χ1n) is 6.85. The van der Waals surface area contributed by atoms with E-state index in [9.17, 15) is 4.79 Å². The van der Waals surface area contributed by atoms with Crippen LogP contribution in [0.4, 0.5) is 5.69 Å². The molecule has 2 aromatic carbocycles. The van der Waals surface area contributed by atoms with Gasteiger partial charge in [-0.05, 0) is 52.8 Å². The summed E-state index contributed by atoms with van der Waals surface area (Å²) in [6, 6.07) is 15.0. The number of nitrogens with one attached hydrogen (secondary N) is 1. The molecule has 2 aromatic rings. The first-order valence-corrected chi connectivity index (χ1v) is 7.93. The molecule has 21 heavy (non-hydrogen) atoms. The molecule has 2 rings (SSSR count). The van der Waals surface area contributed by atoms with Crippen molar-refractivity contribution in [1.29, 1.82) is 0 Å². The Morgan fingerprint density at radius 2 is 1.95 bits per heavy atom. The first kappa shape index (κ1) is 15.8. The summed E-state index contributed by atoms with van der Waals surface area (Å²) in [5, 5.41) is 2.90. The number of benzene rings is 2. The average Bonchev–Trinajstić information content (AvgIpc) is 2.46. The van der Waals surface area contributed by atoms with Gasteiger partial charge >= 0.3 is 0 Å². The minimum absolute atomic E-state index is 0.110. The van der Waals surface area contributed by atoms with E-state index in [2.05, 4.69) is 41.8 Å². The van der Waals surface area contributed by atoms with E-state index in [1.165, 1.54) is 0 Å². The maximum Gasteiger partial charge on any atom is 0.256 e. The summed E-state index contributed by atoms with van der Waals surface area (Å²) >= 11 is 2.16. The Morgan fingerprint density at radius 1 is 1.19 bits per heavy atom. The van der Waals surface area contributed by atoms with E-state index < -0.39 is 0 Å². The third kappa shape index (κ3) is 4.74. The maximum atomic E-state index is 12.3. The molecule has 0 fully saturated rings. The second kappa shape index (κ2) is 7.45. The highest BCUT2D eigenvalue weighted by atomic mass is 127. The molecular formula is C17H18INO2. The second-order valence-electron chi connectivity index (χ2n) is 5.17. The molecule has 0 bridgehead atoms. The summed E-state index contributed by atoms with van der Waals surface area (Å²) < 4.78 is 6.60. The number of halogens is 1. The molecule has 0 spiro atoms. The summed E-state index contributed by atoms with van der Waals surface area (Å²) in [4.78, 5) is 12.3. The fraction of sp³-hybridized carbons (Fsp3) is 0.235. The second-order valence-corrected chi connectivity index (χ2v) is 6.33. The topological polar surface area (TPSA) is 38.3 Å². The van der Waals surface area contributed by atoms with Crippen LogP contribution in [0.25, 0.3) is 0 Å². The molecule has 110 valence electrons. The van der Waals surface area contributed by atoms with Crippen molar-refractivity contribution < 1.29 is 9.53 Å². The SMILES string of the molecule is CC(C)COc1cccc(NC(=O)c2ccccc2I)c1. The Balaban J connectivity index is 2.07. The van der Waals surface area contributed by atoms with Gasteiger partial charge in [0, 0.05) is 15.3 Å². The number of hydrogen-bond donors (Lipinski definition) is 1. The fourth-order valence-corrected chi connectivity index (χ4v) is 2.40. The molecule has 0 saturated heterocycles. The van der Waals surface area contributed by atoms with Crippen LogP contribution in [0.2, 0.25) is 0 Å². The molecule has 3 nitrogen and oxygen atoms in total. The van der Waals surface area contributed by atoms with Crippen molar-refractivity contribution in [3.8, 4) is 5.75 Å². The molecule has 0 radical (unpaired) electrons. The lowest BCUT2D eigenvalue weighted by molar-refractivity contribution is 0.102. The highest BCUT2D eigenvalue weighted by Crippen LogP contribution is 2.20. The lowest BCUT2D eigenvalue weighted by atomic mass is 10.2. The van der Waals surface area contributed by atoms with Crippen molar-refractivity contribution in [2.75, 3.05) is 11.9 Å². The Morgan fingerprint density at radius 3 is 2.67 bits per heavy atom. The molecule has 4 heteroatoms. The predicted molar refractivity (Wildman–Crippen MR) is 93.9 cm³/mol. The van der Waals surface area contributed by atoms with E-state index in [0.29, 0.717) is 18.1 Å². The normalized spacial score (nSPS) is 10.5. The molecular weight excluding hydrogens is 377 g/mol. The highest BCUT2D eigenvalue weighted by Gasteiger charge is 2.09. The van der Waals surface area contributed by atoms with E-state index >= 15 is 0 Å². The van der Waals surface area contributed by atoms with Gasteiger partial charge in [0.2, 0.25) is 0 Å². The number of rotatable bonds is 5. The van der Waals surface area contributed by atoms with Gasteiger partial charge in [0.1, 0.15) is 5.75 Å². The van der Waals surface area contributed by atoms with Crippen LogP contribution in [0.15, 0.2) is 48.5 Å². The van der Waals surface area contributed by atoms with Gasteiger partial charge in [0.15, 0.2) is 0 Å². The van der Waals surface area contributed by atoms with Crippen LogP contribution in [-0.2, 0) is 0 Å². The van der Waals surface area contributed by atoms with Gasteiger partial charge in [-0.25, -0.2) is 0 Å². The number of ether oxygens (including phenoxy) is 1. The third-order valence-corrected chi connectivity index (χ3v) is 3.73. The van der Waals surface area contributed by atoms with Gasteiger partial charge in [-0.15, -0.1) is 0 Å². The van der Waals surface area contributed by atoms with Crippen molar-refractivity contribution in [3.05, 3.63) is 57.7 Å². The number of carbonyl (C=O) groups excluding carboxylic acids is 1. The summed E-state index contributed by atoms with van der Waals surface area (Å²) in [5.41, 5.74) is 1.41. The van der Waals surface area contributed by atoms with Crippen LogP contribution in [0.3, 0.4) is 0 Å². The van der Waals surface area contributed by atoms with Gasteiger partial charge < -0.3 is 10.1 Å². The quantitative estimate of drug-likeness (QED) is 0.753. The Hall–Kier alpha value is -1.56. The minimum Gasteiger partial charge on any atom is -0.493 e. The lowest BCUT2D eigenvalue weighted by Gasteiger charge is -2.11. The molecule has 1 N–H and O–H groups in total. The van der Waals surface area contributed by atoms with E-state index in [0.717, 1.165) is 15.0 Å². The largest absolute Gasteiger partial charge is 0.493 e. The molecule has 0 aliphatic heterocycles. The predicted octanol–water partition coefficient (Wildman–Crippen LogP) is 4.58. The zero-order valence-corrected chi connectivity index (χ0v) is 14.3. The third-order valence-electron chi connectivity index (χ3n) is 2.79. The van der Waals surface area contributed by atoms with Crippen LogP contribution >= 0.6 is 22.6 Å². The Kier molecular flexibility index (Phi) is 5.61. The van der Waals surface area contributed by atoms with Crippen LogP contribution in [-0.4, -0.2) is 12.5 Å². The number of hydrogen-bond acceptors (Lipinski definition) is 2. The van der Waals surface area contributed by atoms with E-state index in [-0.39, 0.29) is 5.91 Å². The van der Waals surface area contributed by atoms with Crippen molar-refractivity contribution >= 4 is 34.2 Å². The fourth-order valence-electron chi connectivity index (χ4n) is 1.77. The number of carbonyl (C=O) groups is 1. The molecule has 0 aromatic heterocycles. The molecule has 0 saturated carbocycles. The minimum atomic E-state index is -0.110. The van der Waals surface area contributed by atoms with Gasteiger partial charge in [-0.1, -0.05) is 32.0 Å². The maximum absolute atomic E-state index is 12.3. The molecule has 0 unspecified atom stereocenters. The monoisotopic (exact) mass is 395 g/mol. The summed E-state index contributed by atoms with van der Waals surface area (Å²) in [6.45, 7) is 4.86. The van der Waals surface area contributed by atoms with Crippen LogP contribution in [0, 0.1) is 9.49 Å². The zero-order chi connectivity index (χ0) is 15.2. The number of amides is 1.